The van der Waals surface area contributed by atoms with Crippen LogP contribution in [-0.4, -0.2) is 5.11 Å². The summed E-state index contributed by atoms with van der Waals surface area (Å²) in [6.45, 7) is 1.89. The van der Waals surface area contributed by atoms with E-state index >= 15 is 0 Å². The highest BCUT2D eigenvalue weighted by Gasteiger charge is 2.11. The molecule has 0 aromatic heterocycles. The summed E-state index contributed by atoms with van der Waals surface area (Å²) >= 11 is 9.25. The molecular weight excluding hydrogens is 347 g/mol. The van der Waals surface area contributed by atoms with Crippen molar-refractivity contribution in [3.63, 3.8) is 0 Å². The number of aryl methyl sites for hydroxylation is 1. The van der Waals surface area contributed by atoms with Gasteiger partial charge in [-0.05, 0) is 30.7 Å². The maximum atomic E-state index is 13.3. The second-order valence-corrected chi connectivity index (χ2v) is 5.66. The summed E-state index contributed by atoms with van der Waals surface area (Å²) < 4.78 is 19.9. The minimum atomic E-state index is -0.470. The van der Waals surface area contributed by atoms with Crippen molar-refractivity contribution in [1.29, 1.82) is 0 Å². The topological polar surface area (TPSA) is 29.5 Å². The molecule has 106 valence electrons. The van der Waals surface area contributed by atoms with E-state index in [1.807, 2.05) is 13.0 Å². The number of benzene rings is 2. The molecule has 0 spiro atoms. The maximum Gasteiger partial charge on any atom is 0.142 e. The normalized spacial score (nSPS) is 10.7. The van der Waals surface area contributed by atoms with Crippen LogP contribution in [0.4, 0.5) is 4.39 Å². The van der Waals surface area contributed by atoms with Gasteiger partial charge in [0, 0.05) is 15.6 Å². The molecule has 2 aromatic carbocycles. The number of aliphatic hydroxyl groups is 1. The van der Waals surface area contributed by atoms with Crippen molar-refractivity contribution in [2.45, 2.75) is 20.1 Å². The number of halogens is 3. The molecule has 20 heavy (non-hydrogen) atoms. The molecule has 0 unspecified atom stereocenters. The smallest absolute Gasteiger partial charge is 0.142 e. The predicted octanol–water partition coefficient (Wildman–Crippen LogP) is 4.62. The molecule has 0 heterocycles. The fourth-order valence-corrected chi connectivity index (χ4v) is 2.73. The minimum absolute atomic E-state index is 0.0628. The number of ether oxygens (including phenoxy) is 1. The van der Waals surface area contributed by atoms with Gasteiger partial charge in [-0.2, -0.15) is 0 Å². The van der Waals surface area contributed by atoms with E-state index in [1.165, 1.54) is 6.07 Å². The average molecular weight is 360 g/mol. The zero-order chi connectivity index (χ0) is 14.7. The SMILES string of the molecule is Cc1cc(Br)cc(CO)c1OCc1cccc(F)c1Cl. The van der Waals surface area contributed by atoms with E-state index in [2.05, 4.69) is 15.9 Å². The summed E-state index contributed by atoms with van der Waals surface area (Å²) in [5.41, 5.74) is 2.12. The lowest BCUT2D eigenvalue weighted by Gasteiger charge is -2.14. The minimum Gasteiger partial charge on any atom is -0.488 e. The molecule has 0 aliphatic carbocycles. The molecule has 1 N–H and O–H groups in total. The summed E-state index contributed by atoms with van der Waals surface area (Å²) in [6, 6.07) is 8.27. The highest BCUT2D eigenvalue weighted by molar-refractivity contribution is 9.10. The molecule has 5 heteroatoms. The van der Waals surface area contributed by atoms with E-state index in [4.69, 9.17) is 16.3 Å². The Kier molecular flexibility index (Phi) is 5.02. The van der Waals surface area contributed by atoms with E-state index in [1.54, 1.807) is 18.2 Å². The molecule has 0 aliphatic rings. The van der Waals surface area contributed by atoms with Crippen molar-refractivity contribution in [2.24, 2.45) is 0 Å². The first kappa shape index (κ1) is 15.3. The number of hydrogen-bond acceptors (Lipinski definition) is 2. The summed E-state index contributed by atoms with van der Waals surface area (Å²) in [5, 5.41) is 9.44. The van der Waals surface area contributed by atoms with Gasteiger partial charge >= 0.3 is 0 Å². The summed E-state index contributed by atoms with van der Waals surface area (Å²) in [6.07, 6.45) is 0. The molecule has 0 aliphatic heterocycles. The third-order valence-electron chi connectivity index (χ3n) is 2.89. The Balaban J connectivity index is 2.25. The maximum absolute atomic E-state index is 13.3. The zero-order valence-corrected chi connectivity index (χ0v) is 13.1. The van der Waals surface area contributed by atoms with E-state index < -0.39 is 5.82 Å². The van der Waals surface area contributed by atoms with Crippen LogP contribution in [0.15, 0.2) is 34.8 Å². The summed E-state index contributed by atoms with van der Waals surface area (Å²) in [4.78, 5) is 0. The highest BCUT2D eigenvalue weighted by Crippen LogP contribution is 2.30. The Morgan fingerprint density at radius 3 is 2.75 bits per heavy atom. The second-order valence-electron chi connectivity index (χ2n) is 4.37. The lowest BCUT2D eigenvalue weighted by Crippen LogP contribution is -2.02. The van der Waals surface area contributed by atoms with Gasteiger partial charge in [0.1, 0.15) is 18.2 Å². The van der Waals surface area contributed by atoms with E-state index in [9.17, 15) is 9.50 Å². The molecule has 0 radical (unpaired) electrons. The summed E-state index contributed by atoms with van der Waals surface area (Å²) in [5.74, 6) is 0.124. The third kappa shape index (κ3) is 3.32. The van der Waals surface area contributed by atoms with Gasteiger partial charge in [0.15, 0.2) is 0 Å². The molecule has 2 aromatic rings. The molecule has 2 nitrogen and oxygen atoms in total. The lowest BCUT2D eigenvalue weighted by atomic mass is 10.1. The van der Waals surface area contributed by atoms with Crippen molar-refractivity contribution in [3.8, 4) is 5.75 Å². The van der Waals surface area contributed by atoms with Gasteiger partial charge in [-0.15, -0.1) is 0 Å². The first-order valence-corrected chi connectivity index (χ1v) is 7.15. The molecule has 0 saturated heterocycles. The van der Waals surface area contributed by atoms with Gasteiger partial charge in [0.2, 0.25) is 0 Å². The molecule has 0 saturated carbocycles. The van der Waals surface area contributed by atoms with Gasteiger partial charge in [0.05, 0.1) is 11.6 Å². The molecule has 0 fully saturated rings. The van der Waals surface area contributed by atoms with Crippen molar-refractivity contribution in [2.75, 3.05) is 0 Å². The van der Waals surface area contributed by atoms with Gasteiger partial charge < -0.3 is 9.84 Å². The molecule has 0 amide bonds. The van der Waals surface area contributed by atoms with Crippen LogP contribution < -0.4 is 4.74 Å². The Bertz CT molecular complexity index is 632. The number of hydrogen-bond donors (Lipinski definition) is 1. The summed E-state index contributed by atoms with van der Waals surface area (Å²) in [7, 11) is 0. The molecule has 0 bridgehead atoms. The average Bonchev–Trinajstić information content (AvgIpc) is 2.41. The van der Waals surface area contributed by atoms with E-state index in [0.29, 0.717) is 16.9 Å². The number of aliphatic hydroxyl groups excluding tert-OH is 1. The van der Waals surface area contributed by atoms with E-state index in [0.717, 1.165) is 10.0 Å². The molecular formula is C15H13BrClFO2. The van der Waals surface area contributed by atoms with Gasteiger partial charge in [-0.1, -0.05) is 39.7 Å². The van der Waals surface area contributed by atoms with Crippen molar-refractivity contribution in [1.82, 2.24) is 0 Å². The monoisotopic (exact) mass is 358 g/mol. The Morgan fingerprint density at radius 2 is 2.05 bits per heavy atom. The van der Waals surface area contributed by atoms with Gasteiger partial charge in [-0.3, -0.25) is 0 Å². The predicted molar refractivity (Wildman–Crippen MR) is 80.5 cm³/mol. The van der Waals surface area contributed by atoms with Crippen LogP contribution in [0.5, 0.6) is 5.75 Å². The number of rotatable bonds is 4. The third-order valence-corrected chi connectivity index (χ3v) is 3.77. The first-order chi connectivity index (χ1) is 9.52. The lowest BCUT2D eigenvalue weighted by molar-refractivity contribution is 0.258. The van der Waals surface area contributed by atoms with Crippen LogP contribution in [-0.2, 0) is 13.2 Å². The van der Waals surface area contributed by atoms with Gasteiger partial charge in [0.25, 0.3) is 0 Å². The van der Waals surface area contributed by atoms with Crippen LogP contribution in [0.1, 0.15) is 16.7 Å². The quantitative estimate of drug-likeness (QED) is 0.863. The Morgan fingerprint density at radius 1 is 1.30 bits per heavy atom. The fraction of sp³-hybridized carbons (Fsp3) is 0.200. The van der Waals surface area contributed by atoms with Crippen molar-refractivity contribution < 1.29 is 14.2 Å². The van der Waals surface area contributed by atoms with Crippen LogP contribution in [0, 0.1) is 12.7 Å². The van der Waals surface area contributed by atoms with Crippen LogP contribution >= 0.6 is 27.5 Å². The van der Waals surface area contributed by atoms with Gasteiger partial charge in [-0.25, -0.2) is 4.39 Å². The molecule has 2 rings (SSSR count). The van der Waals surface area contributed by atoms with Crippen molar-refractivity contribution in [3.05, 3.63) is 62.3 Å². The Hall–Kier alpha value is -1.10. The van der Waals surface area contributed by atoms with Crippen LogP contribution in [0.2, 0.25) is 5.02 Å². The van der Waals surface area contributed by atoms with Crippen LogP contribution in [0.25, 0.3) is 0 Å². The van der Waals surface area contributed by atoms with E-state index in [-0.39, 0.29) is 18.2 Å². The largest absolute Gasteiger partial charge is 0.488 e. The zero-order valence-electron chi connectivity index (χ0n) is 10.8. The first-order valence-electron chi connectivity index (χ1n) is 5.98. The molecule has 0 atom stereocenters. The van der Waals surface area contributed by atoms with Crippen LogP contribution in [0.3, 0.4) is 0 Å². The standard InChI is InChI=1S/C15H13BrClFO2/c1-9-5-12(16)6-11(7-19)15(9)20-8-10-3-2-4-13(18)14(10)17/h2-6,19H,7-8H2,1H3. The Labute approximate surface area is 130 Å². The van der Waals surface area contributed by atoms with Crippen molar-refractivity contribution >= 4 is 27.5 Å². The fourth-order valence-electron chi connectivity index (χ4n) is 1.93. The second kappa shape index (κ2) is 6.57. The highest BCUT2D eigenvalue weighted by atomic mass is 79.9.